The van der Waals surface area contributed by atoms with E-state index in [0.717, 1.165) is 37.0 Å². The number of fused-ring (bicyclic) bond motifs is 3. The van der Waals surface area contributed by atoms with Crippen LogP contribution in [0.5, 0.6) is 0 Å². The molecule has 2 aromatic rings. The number of benzene rings is 2. The second-order valence-corrected chi connectivity index (χ2v) is 12.4. The van der Waals surface area contributed by atoms with Crippen molar-refractivity contribution in [3.05, 3.63) is 69.7 Å². The number of hydrogen-bond acceptors (Lipinski definition) is 3. The Morgan fingerprint density at radius 2 is 1.83 bits per heavy atom. The first-order valence-electron chi connectivity index (χ1n) is 13.7. The summed E-state index contributed by atoms with van der Waals surface area (Å²) >= 11 is 6.00. The number of halogens is 1. The molecule has 2 aromatic carbocycles. The Morgan fingerprint density at radius 3 is 2.54 bits per heavy atom. The van der Waals surface area contributed by atoms with E-state index in [1.165, 1.54) is 43.2 Å². The molecular formula is C31H45ClN2O. The Hall–Kier alpha value is -1.39. The molecule has 4 heteroatoms. The predicted molar refractivity (Wildman–Crippen MR) is 149 cm³/mol. The zero-order valence-electron chi connectivity index (χ0n) is 22.2. The molecule has 1 saturated carbocycles. The summed E-state index contributed by atoms with van der Waals surface area (Å²) in [6.07, 6.45) is 7.26. The maximum atomic E-state index is 9.82. The van der Waals surface area contributed by atoms with E-state index in [1.807, 2.05) is 24.3 Å². The third-order valence-corrected chi connectivity index (χ3v) is 9.30. The molecule has 35 heavy (non-hydrogen) atoms. The average molecular weight is 497 g/mol. The van der Waals surface area contributed by atoms with Crippen molar-refractivity contribution < 1.29 is 5.11 Å². The first kappa shape index (κ1) is 26.7. The molecule has 2 aliphatic carbocycles. The summed E-state index contributed by atoms with van der Waals surface area (Å²) in [5.74, 6) is 1.31. The zero-order chi connectivity index (χ0) is 25.1. The van der Waals surface area contributed by atoms with Crippen LogP contribution in [0, 0.1) is 11.3 Å². The highest BCUT2D eigenvalue weighted by molar-refractivity contribution is 6.30. The SMILES string of the molecule is CC(C)c1ccc2c(c1)CC[C@H]1[C@](C)(CNCCN[C@H](CO)Cc3ccc(Cl)cc3)CCC[C@]21C. The molecule has 3 N–H and O–H groups in total. The lowest BCUT2D eigenvalue weighted by atomic mass is 9.49. The molecule has 0 unspecified atom stereocenters. The van der Waals surface area contributed by atoms with Crippen LogP contribution < -0.4 is 10.6 Å². The lowest BCUT2D eigenvalue weighted by molar-refractivity contribution is 0.0261. The topological polar surface area (TPSA) is 44.3 Å². The van der Waals surface area contributed by atoms with E-state index in [-0.39, 0.29) is 18.1 Å². The highest BCUT2D eigenvalue weighted by atomic mass is 35.5. The third kappa shape index (κ3) is 5.96. The van der Waals surface area contributed by atoms with Crippen molar-refractivity contribution in [1.29, 1.82) is 0 Å². The van der Waals surface area contributed by atoms with E-state index >= 15 is 0 Å². The van der Waals surface area contributed by atoms with Gasteiger partial charge in [0.25, 0.3) is 0 Å². The van der Waals surface area contributed by atoms with Crippen molar-refractivity contribution in [2.75, 3.05) is 26.2 Å². The fourth-order valence-corrected chi connectivity index (χ4v) is 7.19. The van der Waals surface area contributed by atoms with Crippen LogP contribution in [0.2, 0.25) is 5.02 Å². The molecule has 0 spiro atoms. The molecule has 1 fully saturated rings. The fourth-order valence-electron chi connectivity index (χ4n) is 7.06. The molecule has 0 radical (unpaired) electrons. The van der Waals surface area contributed by atoms with Crippen LogP contribution in [-0.4, -0.2) is 37.4 Å². The lowest BCUT2D eigenvalue weighted by Crippen LogP contribution is -2.53. The van der Waals surface area contributed by atoms with Gasteiger partial charge in [-0.05, 0) is 89.2 Å². The molecule has 4 rings (SSSR count). The van der Waals surface area contributed by atoms with Gasteiger partial charge in [0.15, 0.2) is 0 Å². The number of nitrogens with one attached hydrogen (secondary N) is 2. The highest BCUT2D eigenvalue weighted by Gasteiger charge is 2.51. The van der Waals surface area contributed by atoms with Crippen molar-refractivity contribution in [2.24, 2.45) is 11.3 Å². The lowest BCUT2D eigenvalue weighted by Gasteiger charge is -2.55. The maximum absolute atomic E-state index is 9.82. The summed E-state index contributed by atoms with van der Waals surface area (Å²) in [5.41, 5.74) is 6.51. The molecule has 192 valence electrons. The van der Waals surface area contributed by atoms with Gasteiger partial charge in [-0.25, -0.2) is 0 Å². The zero-order valence-corrected chi connectivity index (χ0v) is 22.9. The van der Waals surface area contributed by atoms with Crippen LogP contribution in [0.3, 0.4) is 0 Å². The normalized spacial score (nSPS) is 26.9. The predicted octanol–water partition coefficient (Wildman–Crippen LogP) is 6.26. The Balaban J connectivity index is 1.32. The Labute approximate surface area is 218 Å². The van der Waals surface area contributed by atoms with Gasteiger partial charge in [0.05, 0.1) is 6.61 Å². The van der Waals surface area contributed by atoms with Crippen LogP contribution in [-0.2, 0) is 18.3 Å². The van der Waals surface area contributed by atoms with Gasteiger partial charge in [0.1, 0.15) is 0 Å². The molecule has 4 atom stereocenters. The quantitative estimate of drug-likeness (QED) is 0.340. The Kier molecular flexibility index (Phi) is 8.64. The van der Waals surface area contributed by atoms with Crippen LogP contribution in [0.25, 0.3) is 0 Å². The maximum Gasteiger partial charge on any atom is 0.0587 e. The number of aryl methyl sites for hydroxylation is 1. The van der Waals surface area contributed by atoms with Crippen molar-refractivity contribution in [2.45, 2.75) is 83.6 Å². The van der Waals surface area contributed by atoms with Crippen molar-refractivity contribution in [1.82, 2.24) is 10.6 Å². The first-order valence-corrected chi connectivity index (χ1v) is 14.1. The van der Waals surface area contributed by atoms with Crippen LogP contribution in [0.15, 0.2) is 42.5 Å². The van der Waals surface area contributed by atoms with Gasteiger partial charge in [-0.15, -0.1) is 0 Å². The molecule has 0 bridgehead atoms. The van der Waals surface area contributed by atoms with Gasteiger partial charge in [0.2, 0.25) is 0 Å². The van der Waals surface area contributed by atoms with Gasteiger partial charge < -0.3 is 15.7 Å². The van der Waals surface area contributed by atoms with Crippen LogP contribution in [0.1, 0.15) is 81.5 Å². The third-order valence-electron chi connectivity index (χ3n) is 9.05. The van der Waals surface area contributed by atoms with Crippen molar-refractivity contribution in [3.8, 4) is 0 Å². The van der Waals surface area contributed by atoms with Gasteiger partial charge in [0, 0.05) is 30.7 Å². The summed E-state index contributed by atoms with van der Waals surface area (Å²) < 4.78 is 0. The Bertz CT molecular complexity index is 974. The number of aliphatic hydroxyl groups is 1. The number of rotatable bonds is 10. The molecule has 2 aliphatic rings. The molecule has 0 amide bonds. The van der Waals surface area contributed by atoms with E-state index in [0.29, 0.717) is 11.3 Å². The Morgan fingerprint density at radius 1 is 1.06 bits per heavy atom. The first-order chi connectivity index (χ1) is 16.7. The monoisotopic (exact) mass is 496 g/mol. The second kappa shape index (κ2) is 11.3. The summed E-state index contributed by atoms with van der Waals surface area (Å²) in [7, 11) is 0. The van der Waals surface area contributed by atoms with E-state index < -0.39 is 0 Å². The van der Waals surface area contributed by atoms with E-state index in [9.17, 15) is 5.11 Å². The standard InChI is InChI=1S/C31H45ClN2O/c1-22(2)24-8-12-28-25(19-24)9-13-29-30(3,14-5-15-31(28,29)4)21-33-16-17-34-27(20-35)18-23-6-10-26(32)11-7-23/h6-8,10-12,19,22,27,29,33-35H,5,9,13-18,20-21H2,1-4H3/t27-,29-,30-,31+/m0/s1. The second-order valence-electron chi connectivity index (χ2n) is 11.9. The molecule has 0 saturated heterocycles. The summed E-state index contributed by atoms with van der Waals surface area (Å²) in [6, 6.07) is 15.3. The minimum Gasteiger partial charge on any atom is -0.395 e. The molecule has 3 nitrogen and oxygen atoms in total. The van der Waals surface area contributed by atoms with E-state index in [1.54, 1.807) is 11.1 Å². The van der Waals surface area contributed by atoms with Gasteiger partial charge in [-0.3, -0.25) is 0 Å². The number of hydrogen-bond donors (Lipinski definition) is 3. The molecule has 0 heterocycles. The average Bonchev–Trinajstić information content (AvgIpc) is 2.84. The minimum absolute atomic E-state index is 0.0668. The highest BCUT2D eigenvalue weighted by Crippen LogP contribution is 2.57. The van der Waals surface area contributed by atoms with Crippen LogP contribution in [0.4, 0.5) is 0 Å². The fraction of sp³-hybridized carbons (Fsp3) is 0.613. The van der Waals surface area contributed by atoms with Crippen molar-refractivity contribution >= 4 is 11.6 Å². The van der Waals surface area contributed by atoms with E-state index in [4.69, 9.17) is 11.6 Å². The largest absolute Gasteiger partial charge is 0.395 e. The van der Waals surface area contributed by atoms with Crippen molar-refractivity contribution in [3.63, 3.8) is 0 Å². The smallest absolute Gasteiger partial charge is 0.0587 e. The van der Waals surface area contributed by atoms with E-state index in [2.05, 4.69) is 56.5 Å². The van der Waals surface area contributed by atoms with Gasteiger partial charge >= 0.3 is 0 Å². The molecule has 0 aromatic heterocycles. The van der Waals surface area contributed by atoms with Crippen LogP contribution >= 0.6 is 11.6 Å². The minimum atomic E-state index is 0.0668. The van der Waals surface area contributed by atoms with Gasteiger partial charge in [-0.2, -0.15) is 0 Å². The number of aliphatic hydroxyl groups excluding tert-OH is 1. The van der Waals surface area contributed by atoms with Gasteiger partial charge in [-0.1, -0.05) is 76.0 Å². The molecular weight excluding hydrogens is 452 g/mol. The summed E-state index contributed by atoms with van der Waals surface area (Å²) in [6.45, 7) is 12.7. The molecule has 0 aliphatic heterocycles. The summed E-state index contributed by atoms with van der Waals surface area (Å²) in [4.78, 5) is 0. The summed E-state index contributed by atoms with van der Waals surface area (Å²) in [5, 5.41) is 17.9.